The molecule has 0 bridgehead atoms. The van der Waals surface area contributed by atoms with Crippen LogP contribution in [0.25, 0.3) is 0 Å². The Morgan fingerprint density at radius 1 is 1.00 bits per heavy atom. The van der Waals surface area contributed by atoms with Crippen LogP contribution in [-0.4, -0.2) is 5.48 Å². The molecule has 0 fully saturated rings. The van der Waals surface area contributed by atoms with Crippen molar-refractivity contribution in [2.75, 3.05) is 0 Å². The second-order valence-electron chi connectivity index (χ2n) is 0.816. The standard InChI is InChI=1S/2C3H6.H2O/c2*1-3-2;/h2*3H,1H2,2H3;1H2. The average Bonchev–Trinajstić information content (AvgIpc) is 1.39. The minimum Gasteiger partial charge on any atom is -0.412 e. The highest BCUT2D eigenvalue weighted by molar-refractivity contribution is 4.51. The first-order chi connectivity index (χ1) is 2.83. The van der Waals surface area contributed by atoms with Crippen molar-refractivity contribution in [1.29, 1.82) is 0 Å². The fourth-order valence-corrected chi connectivity index (χ4v) is 0. The highest BCUT2D eigenvalue weighted by atomic mass is 16.0. The van der Waals surface area contributed by atoms with Crippen LogP contribution >= 0.6 is 0 Å². The summed E-state index contributed by atoms with van der Waals surface area (Å²) in [6.07, 6.45) is 3.50. The highest BCUT2D eigenvalue weighted by Crippen LogP contribution is 1.38. The highest BCUT2D eigenvalue weighted by Gasteiger charge is 1.15. The van der Waals surface area contributed by atoms with Crippen molar-refractivity contribution in [2.45, 2.75) is 13.8 Å². The lowest BCUT2D eigenvalue weighted by Gasteiger charge is -1.31. The van der Waals surface area contributed by atoms with E-state index in [1.54, 1.807) is 12.2 Å². The first-order valence-corrected chi connectivity index (χ1v) is 1.97. The van der Waals surface area contributed by atoms with Crippen LogP contribution in [0, 0.1) is 0 Å². The summed E-state index contributed by atoms with van der Waals surface area (Å²) in [5.41, 5.74) is 0. The quantitative estimate of drug-likeness (QED) is 0.416. The molecule has 1 heteroatoms. The molecule has 0 aliphatic heterocycles. The zero-order valence-corrected chi connectivity index (χ0v) is 5.07. The number of allylic oxidation sites excluding steroid dienone is 2. The molecule has 0 spiro atoms. The van der Waals surface area contributed by atoms with Gasteiger partial charge in [-0.05, 0) is 13.8 Å². The minimum absolute atomic E-state index is 0. The fourth-order valence-electron chi connectivity index (χ4n) is 0. The summed E-state index contributed by atoms with van der Waals surface area (Å²) in [5, 5.41) is 0. The molecule has 0 aromatic heterocycles. The molecule has 0 heterocycles. The van der Waals surface area contributed by atoms with E-state index in [1.807, 2.05) is 13.8 Å². The molecule has 0 aliphatic rings. The summed E-state index contributed by atoms with van der Waals surface area (Å²) in [6.45, 7) is 10.5. The van der Waals surface area contributed by atoms with Crippen LogP contribution in [0.5, 0.6) is 0 Å². The molecule has 0 unspecified atom stereocenters. The van der Waals surface area contributed by atoms with Crippen LogP contribution in [0.4, 0.5) is 0 Å². The number of hydrogen-bond donors (Lipinski definition) is 0. The molecule has 0 saturated carbocycles. The van der Waals surface area contributed by atoms with E-state index < -0.39 is 0 Å². The molecule has 0 atom stereocenters. The van der Waals surface area contributed by atoms with Crippen molar-refractivity contribution in [1.82, 2.24) is 0 Å². The lowest BCUT2D eigenvalue weighted by Crippen LogP contribution is -1.07. The molecule has 7 heavy (non-hydrogen) atoms. The second-order valence-corrected chi connectivity index (χ2v) is 0.816. The maximum atomic E-state index is 3.36. The van der Waals surface area contributed by atoms with Gasteiger partial charge >= 0.3 is 0 Å². The van der Waals surface area contributed by atoms with Crippen LogP contribution in [0.3, 0.4) is 0 Å². The lowest BCUT2D eigenvalue weighted by atomic mass is 10.8. The average molecular weight is 102 g/mol. The molecular weight excluding hydrogens is 88.1 g/mol. The van der Waals surface area contributed by atoms with Gasteiger partial charge < -0.3 is 5.48 Å². The van der Waals surface area contributed by atoms with E-state index in [4.69, 9.17) is 0 Å². The topological polar surface area (TPSA) is 31.5 Å². The van der Waals surface area contributed by atoms with Gasteiger partial charge in [-0.2, -0.15) is 0 Å². The summed E-state index contributed by atoms with van der Waals surface area (Å²) >= 11 is 0. The van der Waals surface area contributed by atoms with Crippen molar-refractivity contribution in [2.24, 2.45) is 0 Å². The Balaban J connectivity index is -0.0000000400. The summed E-state index contributed by atoms with van der Waals surface area (Å²) in [7, 11) is 0. The maximum absolute atomic E-state index is 3.36. The summed E-state index contributed by atoms with van der Waals surface area (Å²) in [4.78, 5) is 0. The van der Waals surface area contributed by atoms with Crippen molar-refractivity contribution in [3.63, 3.8) is 0 Å². The molecule has 0 amide bonds. The number of hydrogen-bond acceptors (Lipinski definition) is 0. The van der Waals surface area contributed by atoms with Crippen LogP contribution in [0.1, 0.15) is 13.8 Å². The van der Waals surface area contributed by atoms with Gasteiger partial charge in [-0.1, -0.05) is 12.2 Å². The third-order valence-electron chi connectivity index (χ3n) is 0. The van der Waals surface area contributed by atoms with Gasteiger partial charge in [-0.15, -0.1) is 13.2 Å². The van der Waals surface area contributed by atoms with E-state index >= 15 is 0 Å². The van der Waals surface area contributed by atoms with Crippen LogP contribution < -0.4 is 0 Å². The maximum Gasteiger partial charge on any atom is -0.0473 e. The molecule has 2 N–H and O–H groups in total. The summed E-state index contributed by atoms with van der Waals surface area (Å²) < 4.78 is 0. The summed E-state index contributed by atoms with van der Waals surface area (Å²) in [6, 6.07) is 0. The van der Waals surface area contributed by atoms with Gasteiger partial charge in [-0.25, -0.2) is 0 Å². The van der Waals surface area contributed by atoms with E-state index in [0.717, 1.165) is 0 Å². The molecular formula is C6H14O. The van der Waals surface area contributed by atoms with Gasteiger partial charge in [0.25, 0.3) is 0 Å². The molecule has 44 valence electrons. The van der Waals surface area contributed by atoms with Gasteiger partial charge in [-0.3, -0.25) is 0 Å². The third-order valence-corrected chi connectivity index (χ3v) is 0. The Morgan fingerprint density at radius 2 is 1.00 bits per heavy atom. The van der Waals surface area contributed by atoms with Gasteiger partial charge in [0, 0.05) is 0 Å². The Kier molecular flexibility index (Phi) is 119. The van der Waals surface area contributed by atoms with Crippen molar-refractivity contribution in [3.05, 3.63) is 25.3 Å². The van der Waals surface area contributed by atoms with Gasteiger partial charge in [0.2, 0.25) is 0 Å². The second kappa shape index (κ2) is 51.7. The molecule has 0 aliphatic carbocycles. The monoisotopic (exact) mass is 102 g/mol. The van der Waals surface area contributed by atoms with Crippen molar-refractivity contribution in [3.8, 4) is 0 Å². The van der Waals surface area contributed by atoms with Crippen LogP contribution in [0.15, 0.2) is 25.3 Å². The van der Waals surface area contributed by atoms with E-state index in [-0.39, 0.29) is 5.48 Å². The molecule has 0 rings (SSSR count). The Hall–Kier alpha value is -0.560. The SMILES string of the molecule is C=CC.C=CC.O. The smallest absolute Gasteiger partial charge is 0.0473 e. The van der Waals surface area contributed by atoms with Crippen LogP contribution in [-0.2, 0) is 0 Å². The summed E-state index contributed by atoms with van der Waals surface area (Å²) in [5.74, 6) is 0. The van der Waals surface area contributed by atoms with Gasteiger partial charge in [0.05, 0.1) is 0 Å². The van der Waals surface area contributed by atoms with E-state index in [0.29, 0.717) is 0 Å². The van der Waals surface area contributed by atoms with Crippen LogP contribution in [0.2, 0.25) is 0 Å². The first-order valence-electron chi connectivity index (χ1n) is 1.97. The van der Waals surface area contributed by atoms with Gasteiger partial charge in [0.15, 0.2) is 0 Å². The first kappa shape index (κ1) is 16.1. The van der Waals surface area contributed by atoms with E-state index in [1.165, 1.54) is 0 Å². The van der Waals surface area contributed by atoms with Gasteiger partial charge in [0.1, 0.15) is 0 Å². The lowest BCUT2D eigenvalue weighted by molar-refractivity contribution is 0.824. The molecule has 0 saturated heterocycles. The largest absolute Gasteiger partial charge is 0.412 e. The molecule has 1 nitrogen and oxygen atoms in total. The van der Waals surface area contributed by atoms with E-state index in [9.17, 15) is 0 Å². The predicted molar refractivity (Wildman–Crippen MR) is 35.4 cm³/mol. The Morgan fingerprint density at radius 3 is 1.00 bits per heavy atom. The molecule has 0 radical (unpaired) electrons. The van der Waals surface area contributed by atoms with E-state index in [2.05, 4.69) is 13.2 Å². The zero-order chi connectivity index (χ0) is 5.41. The molecule has 0 aromatic rings. The Bertz CT molecular complexity index is 25.2. The normalized spacial score (nSPS) is 3.71. The minimum atomic E-state index is 0. The third kappa shape index (κ3) is 205. The molecule has 0 aromatic carbocycles. The fraction of sp³-hybridized carbons (Fsp3) is 0.333. The number of rotatable bonds is 0. The predicted octanol–water partition coefficient (Wildman–Crippen LogP) is 1.56. The zero-order valence-electron chi connectivity index (χ0n) is 5.07. The Labute approximate surface area is 45.7 Å². The van der Waals surface area contributed by atoms with Crippen molar-refractivity contribution >= 4 is 0 Å². The van der Waals surface area contributed by atoms with Crippen molar-refractivity contribution < 1.29 is 5.48 Å².